The Bertz CT molecular complexity index is 511. The fourth-order valence-corrected chi connectivity index (χ4v) is 3.95. The number of nitrogens with zero attached hydrogens (tertiary/aromatic N) is 3. The van der Waals surface area contributed by atoms with Crippen molar-refractivity contribution in [2.24, 2.45) is 5.41 Å². The molecule has 6 heteroatoms. The molecular weight excluding hydrogens is 296 g/mol. The molecule has 22 heavy (non-hydrogen) atoms. The third kappa shape index (κ3) is 3.43. The Balaban J connectivity index is 1.54. The van der Waals surface area contributed by atoms with Gasteiger partial charge in [-0.05, 0) is 44.5 Å². The van der Waals surface area contributed by atoms with Crippen LogP contribution in [0.25, 0.3) is 0 Å². The van der Waals surface area contributed by atoms with E-state index in [2.05, 4.69) is 27.1 Å². The maximum Gasteiger partial charge on any atom is 0.226 e. The summed E-state index contributed by atoms with van der Waals surface area (Å²) in [7, 11) is 0. The number of carbonyl (C=O) groups excluding carboxylic acids is 1. The van der Waals surface area contributed by atoms with E-state index in [-0.39, 0.29) is 11.3 Å². The molecule has 0 bridgehead atoms. The zero-order valence-corrected chi connectivity index (χ0v) is 14.0. The van der Waals surface area contributed by atoms with Crippen molar-refractivity contribution >= 4 is 17.7 Å². The largest absolute Gasteiger partial charge is 0.356 e. The maximum absolute atomic E-state index is 12.2. The van der Waals surface area contributed by atoms with Gasteiger partial charge in [0.1, 0.15) is 0 Å². The van der Waals surface area contributed by atoms with E-state index in [4.69, 9.17) is 0 Å². The van der Waals surface area contributed by atoms with Crippen molar-refractivity contribution in [2.45, 2.75) is 44.3 Å². The fraction of sp³-hybridized carbons (Fsp3) is 0.688. The van der Waals surface area contributed by atoms with Gasteiger partial charge in [0.05, 0.1) is 5.41 Å². The van der Waals surface area contributed by atoms with Gasteiger partial charge in [-0.3, -0.25) is 9.69 Å². The Morgan fingerprint density at radius 3 is 2.64 bits per heavy atom. The topological polar surface area (TPSA) is 58.1 Å². The molecule has 0 aromatic carbocycles. The van der Waals surface area contributed by atoms with Crippen LogP contribution in [0.1, 0.15) is 38.2 Å². The highest BCUT2D eigenvalue weighted by Crippen LogP contribution is 2.38. The minimum atomic E-state index is -0.0904. The molecule has 2 fully saturated rings. The summed E-state index contributed by atoms with van der Waals surface area (Å²) < 4.78 is 0. The van der Waals surface area contributed by atoms with Crippen molar-refractivity contribution in [3.05, 3.63) is 18.0 Å². The van der Waals surface area contributed by atoms with E-state index in [9.17, 15) is 4.79 Å². The van der Waals surface area contributed by atoms with Crippen molar-refractivity contribution in [1.29, 1.82) is 0 Å². The first-order valence-electron chi connectivity index (χ1n) is 8.16. The number of amides is 1. The number of likely N-dealkylation sites (tertiary alicyclic amines) is 1. The highest BCUT2D eigenvalue weighted by molar-refractivity contribution is 7.99. The average Bonchev–Trinajstić information content (AvgIpc) is 2.55. The molecule has 2 aliphatic rings. The summed E-state index contributed by atoms with van der Waals surface area (Å²) in [5.41, 5.74) is 1.07. The molecule has 1 N–H and O–H groups in total. The summed E-state index contributed by atoms with van der Waals surface area (Å²) in [5.74, 6) is 1.28. The third-order valence-corrected chi connectivity index (χ3v) is 5.53. The van der Waals surface area contributed by atoms with Crippen molar-refractivity contribution < 1.29 is 4.79 Å². The van der Waals surface area contributed by atoms with Crippen LogP contribution in [0.3, 0.4) is 0 Å². The molecular formula is C16H24N4OS. The number of carbonyl (C=O) groups is 1. The van der Waals surface area contributed by atoms with Crippen LogP contribution in [-0.2, 0) is 11.3 Å². The molecule has 0 atom stereocenters. The van der Waals surface area contributed by atoms with E-state index in [1.165, 1.54) is 0 Å². The average molecular weight is 320 g/mol. The molecule has 5 nitrogen and oxygen atoms in total. The van der Waals surface area contributed by atoms with Gasteiger partial charge in [0.25, 0.3) is 0 Å². The predicted molar refractivity (Wildman–Crippen MR) is 87.6 cm³/mol. The van der Waals surface area contributed by atoms with Crippen molar-refractivity contribution in [1.82, 2.24) is 20.2 Å². The molecule has 0 aliphatic carbocycles. The number of hydrogen-bond donors (Lipinski definition) is 1. The van der Waals surface area contributed by atoms with Crippen LogP contribution in [0.5, 0.6) is 0 Å². The highest BCUT2D eigenvalue weighted by atomic mass is 32.2. The SMILES string of the molecule is CCSc1ncc(CN2CCC3(CCCNC3=O)CC2)cn1. The fourth-order valence-electron chi connectivity index (χ4n) is 3.43. The van der Waals surface area contributed by atoms with Crippen LogP contribution in [0, 0.1) is 5.41 Å². The molecule has 0 unspecified atom stereocenters. The molecule has 120 valence electrons. The molecule has 1 aromatic rings. The van der Waals surface area contributed by atoms with Gasteiger partial charge in [-0.1, -0.05) is 18.7 Å². The van der Waals surface area contributed by atoms with E-state index in [0.717, 1.165) is 68.3 Å². The second-order valence-electron chi connectivity index (χ2n) is 6.22. The normalized spacial score (nSPS) is 21.8. The quantitative estimate of drug-likeness (QED) is 0.680. The third-order valence-electron chi connectivity index (χ3n) is 4.77. The first-order chi connectivity index (χ1) is 10.7. The predicted octanol–water partition coefficient (Wildman–Crippen LogP) is 2.08. The van der Waals surface area contributed by atoms with E-state index in [1.807, 2.05) is 12.4 Å². The van der Waals surface area contributed by atoms with Gasteiger partial charge in [-0.2, -0.15) is 0 Å². The summed E-state index contributed by atoms with van der Waals surface area (Å²) in [4.78, 5) is 23.4. The number of hydrogen-bond acceptors (Lipinski definition) is 5. The summed E-state index contributed by atoms with van der Waals surface area (Å²) in [6.07, 6.45) is 7.99. The standard InChI is InChI=1S/C16H24N4OS/c1-2-22-15-18-10-13(11-19-15)12-20-8-5-16(6-9-20)4-3-7-17-14(16)21/h10-11H,2-9,12H2,1H3,(H,17,21). The van der Waals surface area contributed by atoms with Crippen molar-refractivity contribution in [3.8, 4) is 0 Å². The lowest BCUT2D eigenvalue weighted by atomic mass is 9.72. The Kier molecular flexibility index (Phi) is 4.98. The van der Waals surface area contributed by atoms with Gasteiger partial charge in [-0.15, -0.1) is 0 Å². The number of piperidine rings is 2. The molecule has 0 saturated carbocycles. The minimum absolute atomic E-state index is 0.0904. The zero-order chi connectivity index (χ0) is 15.4. The van der Waals surface area contributed by atoms with Crippen LogP contribution in [0.4, 0.5) is 0 Å². The van der Waals surface area contributed by atoms with Gasteiger partial charge in [0.15, 0.2) is 5.16 Å². The molecule has 1 aromatic heterocycles. The monoisotopic (exact) mass is 320 g/mol. The summed E-state index contributed by atoms with van der Waals surface area (Å²) in [6, 6.07) is 0. The van der Waals surface area contributed by atoms with Gasteiger partial charge in [0, 0.05) is 31.0 Å². The molecule has 2 saturated heterocycles. The van der Waals surface area contributed by atoms with Crippen molar-refractivity contribution in [3.63, 3.8) is 0 Å². The second-order valence-corrected chi connectivity index (χ2v) is 7.45. The smallest absolute Gasteiger partial charge is 0.226 e. The van der Waals surface area contributed by atoms with Crippen LogP contribution in [-0.4, -0.2) is 46.2 Å². The molecule has 1 spiro atoms. The number of rotatable bonds is 4. The molecule has 1 amide bonds. The van der Waals surface area contributed by atoms with E-state index in [0.29, 0.717) is 0 Å². The van der Waals surface area contributed by atoms with Crippen LogP contribution in [0.2, 0.25) is 0 Å². The summed E-state index contributed by atoms with van der Waals surface area (Å²) >= 11 is 1.66. The Morgan fingerprint density at radius 1 is 1.27 bits per heavy atom. The van der Waals surface area contributed by atoms with Gasteiger partial charge in [-0.25, -0.2) is 9.97 Å². The Hall–Kier alpha value is -1.14. The second kappa shape index (κ2) is 6.96. The zero-order valence-electron chi connectivity index (χ0n) is 13.2. The summed E-state index contributed by atoms with van der Waals surface area (Å²) in [5, 5.41) is 3.90. The first kappa shape index (κ1) is 15.7. The van der Waals surface area contributed by atoms with Crippen LogP contribution in [0.15, 0.2) is 17.6 Å². The van der Waals surface area contributed by atoms with Gasteiger partial charge >= 0.3 is 0 Å². The number of aromatic nitrogens is 2. The molecule has 3 rings (SSSR count). The van der Waals surface area contributed by atoms with Crippen LogP contribution >= 0.6 is 11.8 Å². The van der Waals surface area contributed by atoms with Crippen LogP contribution < -0.4 is 5.32 Å². The number of thioether (sulfide) groups is 1. The highest BCUT2D eigenvalue weighted by Gasteiger charge is 2.42. The lowest BCUT2D eigenvalue weighted by Gasteiger charge is -2.42. The minimum Gasteiger partial charge on any atom is -0.356 e. The van der Waals surface area contributed by atoms with E-state index >= 15 is 0 Å². The summed E-state index contributed by atoms with van der Waals surface area (Å²) in [6.45, 7) is 5.81. The van der Waals surface area contributed by atoms with Crippen molar-refractivity contribution in [2.75, 3.05) is 25.4 Å². The van der Waals surface area contributed by atoms with E-state index in [1.54, 1.807) is 11.8 Å². The molecule has 3 heterocycles. The Morgan fingerprint density at radius 2 is 2.00 bits per heavy atom. The maximum atomic E-state index is 12.2. The first-order valence-corrected chi connectivity index (χ1v) is 9.15. The number of nitrogens with one attached hydrogen (secondary N) is 1. The lowest BCUT2D eigenvalue weighted by molar-refractivity contribution is -0.136. The lowest BCUT2D eigenvalue weighted by Crippen LogP contribution is -2.51. The molecule has 2 aliphatic heterocycles. The van der Waals surface area contributed by atoms with E-state index < -0.39 is 0 Å². The van der Waals surface area contributed by atoms with Gasteiger partial charge < -0.3 is 5.32 Å². The Labute approximate surface area is 136 Å². The van der Waals surface area contributed by atoms with Gasteiger partial charge in [0.2, 0.25) is 5.91 Å². The molecule has 0 radical (unpaired) electrons.